The minimum atomic E-state index is -0.918. The fourth-order valence-electron chi connectivity index (χ4n) is 2.15. The highest BCUT2D eigenvalue weighted by atomic mass is 32.2. The molecule has 2 aromatic rings. The second kappa shape index (κ2) is 7.05. The van der Waals surface area contributed by atoms with Crippen molar-refractivity contribution >= 4 is 46.5 Å². The van der Waals surface area contributed by atoms with Crippen LogP contribution in [-0.2, 0) is 4.79 Å². The number of benzene rings is 1. The van der Waals surface area contributed by atoms with Gasteiger partial charge >= 0.3 is 5.97 Å². The predicted molar refractivity (Wildman–Crippen MR) is 91.6 cm³/mol. The third kappa shape index (κ3) is 3.69. The van der Waals surface area contributed by atoms with Crippen molar-refractivity contribution in [2.24, 2.45) is 0 Å². The van der Waals surface area contributed by atoms with Crippen molar-refractivity contribution in [3.8, 4) is 0 Å². The van der Waals surface area contributed by atoms with Crippen LogP contribution < -0.4 is 5.32 Å². The molecule has 0 saturated carbocycles. The molecule has 2 atom stereocenters. The fourth-order valence-corrected chi connectivity index (χ4v) is 5.23. The molecular formula is C13H12N4O4S3. The van der Waals surface area contributed by atoms with Gasteiger partial charge in [0.1, 0.15) is 11.0 Å². The van der Waals surface area contributed by atoms with Gasteiger partial charge in [0.2, 0.25) is 0 Å². The number of carbonyl (C=O) groups is 1. The lowest BCUT2D eigenvalue weighted by atomic mass is 10.2. The lowest BCUT2D eigenvalue weighted by Crippen LogP contribution is -2.33. The maximum atomic E-state index is 11.4. The molecule has 1 aliphatic heterocycles. The zero-order valence-corrected chi connectivity index (χ0v) is 14.8. The van der Waals surface area contributed by atoms with Crippen LogP contribution in [0, 0.1) is 17.0 Å². The lowest BCUT2D eigenvalue weighted by Gasteiger charge is -2.12. The van der Waals surface area contributed by atoms with Gasteiger partial charge in [0.05, 0.1) is 15.2 Å². The molecule has 1 aromatic heterocycles. The maximum absolute atomic E-state index is 11.4. The van der Waals surface area contributed by atoms with Gasteiger partial charge in [0.25, 0.3) is 5.69 Å². The first kappa shape index (κ1) is 17.1. The highest BCUT2D eigenvalue weighted by molar-refractivity contribution is 8.01. The van der Waals surface area contributed by atoms with Gasteiger partial charge in [0.15, 0.2) is 4.34 Å². The van der Waals surface area contributed by atoms with E-state index in [9.17, 15) is 14.9 Å². The van der Waals surface area contributed by atoms with Gasteiger partial charge in [-0.3, -0.25) is 20.2 Å². The molecule has 0 spiro atoms. The van der Waals surface area contributed by atoms with Gasteiger partial charge < -0.3 is 5.11 Å². The van der Waals surface area contributed by atoms with Gasteiger partial charge in [0, 0.05) is 11.8 Å². The molecule has 1 fully saturated rings. The van der Waals surface area contributed by atoms with E-state index in [1.54, 1.807) is 12.1 Å². The Morgan fingerprint density at radius 2 is 2.29 bits per heavy atom. The summed E-state index contributed by atoms with van der Waals surface area (Å²) in [6.45, 7) is 1.82. The molecule has 1 saturated heterocycles. The number of carboxylic acids is 1. The van der Waals surface area contributed by atoms with E-state index in [0.29, 0.717) is 20.6 Å². The molecule has 0 unspecified atom stereocenters. The van der Waals surface area contributed by atoms with E-state index >= 15 is 0 Å². The Balaban J connectivity index is 1.85. The van der Waals surface area contributed by atoms with Crippen LogP contribution in [0.3, 0.4) is 0 Å². The number of hydrogen-bond donors (Lipinski definition) is 2. The average Bonchev–Trinajstić information content (AvgIpc) is 3.17. The van der Waals surface area contributed by atoms with Crippen molar-refractivity contribution in [3.05, 3.63) is 38.9 Å². The molecule has 1 aliphatic rings. The first-order valence-electron chi connectivity index (χ1n) is 6.81. The van der Waals surface area contributed by atoms with Crippen LogP contribution in [0.2, 0.25) is 0 Å². The molecule has 2 N–H and O–H groups in total. The molecule has 8 nitrogen and oxygen atoms in total. The average molecular weight is 384 g/mol. The third-order valence-electron chi connectivity index (χ3n) is 3.27. The highest BCUT2D eigenvalue weighted by Crippen LogP contribution is 2.40. The summed E-state index contributed by atoms with van der Waals surface area (Å²) in [6.07, 6.45) is 0. The third-order valence-corrected chi connectivity index (χ3v) is 6.49. The molecule has 2 heterocycles. The van der Waals surface area contributed by atoms with Crippen molar-refractivity contribution in [1.29, 1.82) is 0 Å². The van der Waals surface area contributed by atoms with Crippen LogP contribution in [0.1, 0.15) is 15.9 Å². The molecule has 126 valence electrons. The number of carboxylic acid groups (broad SMARTS) is 1. The number of nitrogens with zero attached hydrogens (tertiary/aromatic N) is 3. The number of nitro benzene ring substituents is 1. The Labute approximate surface area is 149 Å². The quantitative estimate of drug-likeness (QED) is 0.592. The van der Waals surface area contributed by atoms with Crippen LogP contribution >= 0.6 is 34.9 Å². The number of thioether (sulfide) groups is 1. The Morgan fingerprint density at radius 3 is 2.88 bits per heavy atom. The highest BCUT2D eigenvalue weighted by Gasteiger charge is 2.31. The Bertz CT molecular complexity index is 797. The van der Waals surface area contributed by atoms with Gasteiger partial charge in [-0.2, -0.15) is 0 Å². The van der Waals surface area contributed by atoms with Gasteiger partial charge in [-0.05, 0) is 18.6 Å². The molecule has 11 heteroatoms. The summed E-state index contributed by atoms with van der Waals surface area (Å²) < 4.78 is 0.641. The summed E-state index contributed by atoms with van der Waals surface area (Å²) in [5.74, 6) is -0.493. The molecule has 0 aliphatic carbocycles. The van der Waals surface area contributed by atoms with Crippen LogP contribution in [0.4, 0.5) is 5.69 Å². The molecule has 24 heavy (non-hydrogen) atoms. The van der Waals surface area contributed by atoms with Crippen molar-refractivity contribution in [2.45, 2.75) is 27.6 Å². The minimum Gasteiger partial charge on any atom is -0.480 e. The number of nitro groups is 1. The predicted octanol–water partition coefficient (Wildman–Crippen LogP) is 2.69. The SMILES string of the molecule is Cc1nnc(Sc2ccc([C@H]3N[C@@H](C(=O)O)CS3)cc2[N+](=O)[O-])s1. The van der Waals surface area contributed by atoms with Crippen LogP contribution in [0.15, 0.2) is 27.4 Å². The van der Waals surface area contributed by atoms with Crippen molar-refractivity contribution < 1.29 is 14.8 Å². The molecule has 0 bridgehead atoms. The van der Waals surface area contributed by atoms with Gasteiger partial charge in [-0.1, -0.05) is 29.2 Å². The molecule has 0 radical (unpaired) electrons. The van der Waals surface area contributed by atoms with E-state index in [4.69, 9.17) is 5.11 Å². The van der Waals surface area contributed by atoms with E-state index < -0.39 is 16.9 Å². The normalized spacial score (nSPS) is 20.2. The largest absolute Gasteiger partial charge is 0.480 e. The zero-order chi connectivity index (χ0) is 17.3. The Hall–Kier alpha value is -1.69. The zero-order valence-electron chi connectivity index (χ0n) is 12.3. The number of nitrogens with one attached hydrogen (secondary N) is 1. The second-order valence-electron chi connectivity index (χ2n) is 4.94. The second-order valence-corrected chi connectivity index (χ2v) is 8.55. The van der Waals surface area contributed by atoms with E-state index in [0.717, 1.165) is 5.01 Å². The summed E-state index contributed by atoms with van der Waals surface area (Å²) in [7, 11) is 0. The van der Waals surface area contributed by atoms with Gasteiger partial charge in [-0.15, -0.1) is 22.0 Å². The number of aromatic nitrogens is 2. The minimum absolute atomic E-state index is 0.0217. The summed E-state index contributed by atoms with van der Waals surface area (Å²) >= 11 is 4.00. The van der Waals surface area contributed by atoms with E-state index in [2.05, 4.69) is 15.5 Å². The number of hydrogen-bond acceptors (Lipinski definition) is 9. The standard InChI is InChI=1S/C13H12N4O4S3/c1-6-15-16-13(23-6)24-10-3-2-7(4-9(10)17(20)21)11-14-8(5-22-11)12(18)19/h2-4,8,11,14H,5H2,1H3,(H,18,19)/t8-,11+/m1/s1. The Morgan fingerprint density at radius 1 is 1.50 bits per heavy atom. The van der Waals surface area contributed by atoms with E-state index in [1.165, 1.54) is 40.9 Å². The number of aliphatic carboxylic acids is 1. The fraction of sp³-hybridized carbons (Fsp3) is 0.308. The van der Waals surface area contributed by atoms with Crippen LogP contribution in [0.25, 0.3) is 0 Å². The van der Waals surface area contributed by atoms with Crippen molar-refractivity contribution in [1.82, 2.24) is 15.5 Å². The smallest absolute Gasteiger partial charge is 0.321 e. The topological polar surface area (TPSA) is 118 Å². The van der Waals surface area contributed by atoms with E-state index in [1.807, 2.05) is 6.92 Å². The monoisotopic (exact) mass is 384 g/mol. The van der Waals surface area contributed by atoms with Gasteiger partial charge in [-0.25, -0.2) is 0 Å². The molecule has 1 aromatic carbocycles. The maximum Gasteiger partial charge on any atom is 0.321 e. The number of rotatable bonds is 5. The first-order chi connectivity index (χ1) is 11.4. The first-order valence-corrected chi connectivity index (χ1v) is 9.49. The Kier molecular flexibility index (Phi) is 5.04. The van der Waals surface area contributed by atoms with Crippen molar-refractivity contribution in [3.63, 3.8) is 0 Å². The van der Waals surface area contributed by atoms with E-state index in [-0.39, 0.29) is 11.1 Å². The molecule has 0 amide bonds. The summed E-state index contributed by atoms with van der Waals surface area (Å²) in [5, 5.41) is 31.8. The summed E-state index contributed by atoms with van der Waals surface area (Å²) in [5.41, 5.74) is 0.666. The van der Waals surface area contributed by atoms with Crippen LogP contribution in [0.5, 0.6) is 0 Å². The summed E-state index contributed by atoms with van der Waals surface area (Å²) in [6, 6.07) is 4.30. The van der Waals surface area contributed by atoms with Crippen molar-refractivity contribution in [2.75, 3.05) is 5.75 Å². The molecular weight excluding hydrogens is 372 g/mol. The number of aryl methyl sites for hydroxylation is 1. The lowest BCUT2D eigenvalue weighted by molar-refractivity contribution is -0.387. The molecule has 3 rings (SSSR count). The van der Waals surface area contributed by atoms with Crippen LogP contribution in [-0.4, -0.2) is 38.0 Å². The summed E-state index contributed by atoms with van der Waals surface area (Å²) in [4.78, 5) is 22.5.